The standard InChI is InChI=1S/C25H26F3N5O3.ClH/c1-31-7-9-32(10-8-31)11-12-36-25(35)29-19-4-2-3-17(13-19)16-33-23(34)6-5-22(30-33)18-14-20(26)24(28)21(27)15-18;/h2-6,13-15H,7-12,16H2,1H3,(H,29,35);1H. The second kappa shape index (κ2) is 12.7. The van der Waals surface area contributed by atoms with E-state index in [1.807, 2.05) is 0 Å². The van der Waals surface area contributed by atoms with E-state index >= 15 is 0 Å². The fourth-order valence-corrected chi connectivity index (χ4v) is 3.83. The lowest BCUT2D eigenvalue weighted by atomic mass is 10.1. The lowest BCUT2D eigenvalue weighted by molar-refractivity contribution is 0.111. The molecule has 1 fully saturated rings. The van der Waals surface area contributed by atoms with Crippen LogP contribution in [-0.2, 0) is 11.3 Å². The van der Waals surface area contributed by atoms with Gasteiger partial charge in [0, 0.05) is 50.0 Å². The molecular formula is C25H27ClF3N5O3. The number of nitrogens with zero attached hydrogens (tertiary/aromatic N) is 4. The van der Waals surface area contributed by atoms with Crippen LogP contribution in [0.3, 0.4) is 0 Å². The molecule has 1 N–H and O–H groups in total. The first-order valence-electron chi connectivity index (χ1n) is 11.5. The Morgan fingerprint density at radius 3 is 2.43 bits per heavy atom. The highest BCUT2D eigenvalue weighted by molar-refractivity contribution is 5.85. The molecule has 0 saturated carbocycles. The van der Waals surface area contributed by atoms with Crippen molar-refractivity contribution in [3.63, 3.8) is 0 Å². The Kier molecular flexibility index (Phi) is 9.67. The van der Waals surface area contributed by atoms with E-state index in [4.69, 9.17) is 4.74 Å². The third-order valence-corrected chi connectivity index (χ3v) is 5.89. The van der Waals surface area contributed by atoms with Crippen LogP contribution in [0.2, 0.25) is 0 Å². The number of ether oxygens (including phenoxy) is 1. The number of hydrogen-bond donors (Lipinski definition) is 1. The molecule has 0 atom stereocenters. The molecule has 0 unspecified atom stereocenters. The Hall–Kier alpha value is -3.41. The van der Waals surface area contributed by atoms with Crippen molar-refractivity contribution in [2.75, 3.05) is 51.7 Å². The van der Waals surface area contributed by atoms with E-state index in [-0.39, 0.29) is 36.8 Å². The van der Waals surface area contributed by atoms with E-state index in [1.54, 1.807) is 24.3 Å². The molecule has 0 spiro atoms. The summed E-state index contributed by atoms with van der Waals surface area (Å²) < 4.78 is 46.9. The number of amides is 1. The Morgan fingerprint density at radius 1 is 1.03 bits per heavy atom. The number of benzene rings is 2. The van der Waals surface area contributed by atoms with Gasteiger partial charge in [-0.3, -0.25) is 15.0 Å². The molecule has 2 heterocycles. The molecule has 2 aromatic carbocycles. The highest BCUT2D eigenvalue weighted by atomic mass is 35.5. The average molecular weight is 538 g/mol. The molecule has 0 radical (unpaired) electrons. The van der Waals surface area contributed by atoms with Crippen molar-refractivity contribution in [2.45, 2.75) is 6.54 Å². The summed E-state index contributed by atoms with van der Waals surface area (Å²) in [7, 11) is 2.08. The molecule has 1 saturated heterocycles. The zero-order valence-corrected chi connectivity index (χ0v) is 20.9. The lowest BCUT2D eigenvalue weighted by Crippen LogP contribution is -2.45. The summed E-state index contributed by atoms with van der Waals surface area (Å²) in [5, 5.41) is 6.83. The minimum atomic E-state index is -1.57. The van der Waals surface area contributed by atoms with Crippen molar-refractivity contribution in [3.8, 4) is 11.3 Å². The SMILES string of the molecule is CN1CCN(CCOC(=O)Nc2cccc(Cn3nc(-c4cc(F)c(F)c(F)c4)ccc3=O)c2)CC1.Cl. The molecule has 4 rings (SSSR count). The van der Waals surface area contributed by atoms with Gasteiger partial charge in [0.25, 0.3) is 5.56 Å². The van der Waals surface area contributed by atoms with Crippen LogP contribution in [0.5, 0.6) is 0 Å². The number of rotatable bonds is 7. The van der Waals surface area contributed by atoms with Crippen LogP contribution >= 0.6 is 12.4 Å². The van der Waals surface area contributed by atoms with Crippen LogP contribution in [0.4, 0.5) is 23.7 Å². The van der Waals surface area contributed by atoms with E-state index in [2.05, 4.69) is 27.3 Å². The Bertz CT molecular complexity index is 1280. The molecule has 198 valence electrons. The maximum Gasteiger partial charge on any atom is 0.411 e. The minimum absolute atomic E-state index is 0. The first-order valence-corrected chi connectivity index (χ1v) is 11.5. The van der Waals surface area contributed by atoms with Crippen LogP contribution in [0, 0.1) is 17.5 Å². The number of likely N-dealkylation sites (N-methyl/N-ethyl adjacent to an activating group) is 1. The molecule has 1 amide bonds. The number of piperazine rings is 1. The summed E-state index contributed by atoms with van der Waals surface area (Å²) >= 11 is 0. The van der Waals surface area contributed by atoms with Gasteiger partial charge in [0.15, 0.2) is 17.5 Å². The molecule has 37 heavy (non-hydrogen) atoms. The van der Waals surface area contributed by atoms with Gasteiger partial charge in [0.1, 0.15) is 6.61 Å². The largest absolute Gasteiger partial charge is 0.448 e. The molecule has 1 aromatic heterocycles. The van der Waals surface area contributed by atoms with Gasteiger partial charge in [-0.2, -0.15) is 5.10 Å². The predicted molar refractivity (Wildman–Crippen MR) is 136 cm³/mol. The highest BCUT2D eigenvalue weighted by Gasteiger charge is 2.15. The van der Waals surface area contributed by atoms with Gasteiger partial charge in [-0.15, -0.1) is 12.4 Å². The highest BCUT2D eigenvalue weighted by Crippen LogP contribution is 2.21. The number of hydrogen-bond acceptors (Lipinski definition) is 6. The first-order chi connectivity index (χ1) is 17.3. The van der Waals surface area contributed by atoms with Crippen molar-refractivity contribution < 1.29 is 22.7 Å². The van der Waals surface area contributed by atoms with Crippen LogP contribution in [0.1, 0.15) is 5.56 Å². The molecule has 3 aromatic rings. The summed E-state index contributed by atoms with van der Waals surface area (Å²) in [6.45, 7) is 4.80. The zero-order valence-electron chi connectivity index (χ0n) is 20.1. The van der Waals surface area contributed by atoms with Crippen LogP contribution in [-0.4, -0.2) is 72.1 Å². The van der Waals surface area contributed by atoms with E-state index < -0.39 is 29.1 Å². The lowest BCUT2D eigenvalue weighted by Gasteiger charge is -2.31. The topological polar surface area (TPSA) is 79.7 Å². The first kappa shape index (κ1) is 28.2. The summed E-state index contributed by atoms with van der Waals surface area (Å²) in [6.07, 6.45) is -0.584. The molecule has 1 aliphatic rings. The second-order valence-electron chi connectivity index (χ2n) is 8.57. The number of carbonyl (C=O) groups is 1. The molecule has 0 bridgehead atoms. The van der Waals surface area contributed by atoms with E-state index in [1.165, 1.54) is 12.1 Å². The van der Waals surface area contributed by atoms with Gasteiger partial charge in [0.05, 0.1) is 12.2 Å². The fourth-order valence-electron chi connectivity index (χ4n) is 3.83. The normalized spacial score (nSPS) is 14.2. The Morgan fingerprint density at radius 2 is 1.73 bits per heavy atom. The number of nitrogens with one attached hydrogen (secondary N) is 1. The van der Waals surface area contributed by atoms with Gasteiger partial charge < -0.3 is 9.64 Å². The smallest absolute Gasteiger partial charge is 0.411 e. The molecule has 1 aliphatic heterocycles. The third kappa shape index (κ3) is 7.54. The van der Waals surface area contributed by atoms with Gasteiger partial charge in [-0.25, -0.2) is 22.6 Å². The summed E-state index contributed by atoms with van der Waals surface area (Å²) in [4.78, 5) is 29.0. The van der Waals surface area contributed by atoms with E-state index in [0.29, 0.717) is 17.8 Å². The molecule has 0 aliphatic carbocycles. The molecular weight excluding hydrogens is 511 g/mol. The average Bonchev–Trinajstić information content (AvgIpc) is 2.85. The fraction of sp³-hybridized carbons (Fsp3) is 0.320. The molecule has 12 heteroatoms. The Labute approximate surface area is 218 Å². The van der Waals surface area contributed by atoms with Crippen LogP contribution < -0.4 is 10.9 Å². The van der Waals surface area contributed by atoms with E-state index in [9.17, 15) is 22.8 Å². The van der Waals surface area contributed by atoms with Crippen molar-refractivity contribution in [3.05, 3.63) is 81.9 Å². The maximum atomic E-state index is 13.6. The number of aromatic nitrogens is 2. The second-order valence-corrected chi connectivity index (χ2v) is 8.57. The van der Waals surface area contributed by atoms with Crippen molar-refractivity contribution in [1.82, 2.24) is 19.6 Å². The van der Waals surface area contributed by atoms with Crippen LogP contribution in [0.25, 0.3) is 11.3 Å². The van der Waals surface area contributed by atoms with Gasteiger partial charge in [-0.1, -0.05) is 12.1 Å². The quantitative estimate of drug-likeness (QED) is 0.464. The van der Waals surface area contributed by atoms with Crippen LogP contribution in [0.15, 0.2) is 53.3 Å². The van der Waals surface area contributed by atoms with Crippen molar-refractivity contribution in [1.29, 1.82) is 0 Å². The molecule has 8 nitrogen and oxygen atoms in total. The zero-order chi connectivity index (χ0) is 25.7. The summed E-state index contributed by atoms with van der Waals surface area (Å²) in [6, 6.07) is 10.9. The summed E-state index contributed by atoms with van der Waals surface area (Å²) in [5.41, 5.74) is 0.779. The van der Waals surface area contributed by atoms with Gasteiger partial charge >= 0.3 is 6.09 Å². The van der Waals surface area contributed by atoms with Crippen molar-refractivity contribution in [2.24, 2.45) is 0 Å². The Balaban J connectivity index is 0.00000380. The minimum Gasteiger partial charge on any atom is -0.448 e. The van der Waals surface area contributed by atoms with Gasteiger partial charge in [0.2, 0.25) is 0 Å². The van der Waals surface area contributed by atoms with E-state index in [0.717, 1.165) is 43.0 Å². The number of anilines is 1. The van der Waals surface area contributed by atoms with Crippen molar-refractivity contribution >= 4 is 24.2 Å². The number of carbonyl (C=O) groups excluding carboxylic acids is 1. The maximum absolute atomic E-state index is 13.6. The monoisotopic (exact) mass is 537 g/mol. The van der Waals surface area contributed by atoms with Gasteiger partial charge in [-0.05, 0) is 42.9 Å². The number of halogens is 4. The predicted octanol–water partition coefficient (Wildman–Crippen LogP) is 3.59. The summed E-state index contributed by atoms with van der Waals surface area (Å²) in [5.74, 6) is -4.27. The third-order valence-electron chi connectivity index (χ3n) is 5.89.